The summed E-state index contributed by atoms with van der Waals surface area (Å²) in [5.41, 5.74) is 12.3. The number of nitrogens with zero attached hydrogens (tertiary/aromatic N) is 2. The third kappa shape index (κ3) is 24.2. The van der Waals surface area contributed by atoms with E-state index < -0.39 is 0 Å². The number of rotatable bonds is 32. The molecular formula is C57H90N2NiO2. The predicted octanol–water partition coefficient (Wildman–Crippen LogP) is 16.7. The van der Waals surface area contributed by atoms with Crippen LogP contribution < -0.4 is 10.2 Å². The fraction of sp³-hybridized carbons (Fsp3) is 0.649. The minimum Gasteiger partial charge on any atom is -0.873 e. The van der Waals surface area contributed by atoms with Crippen LogP contribution in [0.3, 0.4) is 0 Å². The fourth-order valence-corrected chi connectivity index (χ4v) is 8.09. The molecule has 0 spiro atoms. The van der Waals surface area contributed by atoms with Gasteiger partial charge in [0.05, 0.1) is 22.8 Å². The van der Waals surface area contributed by atoms with Crippen molar-refractivity contribution in [2.75, 3.05) is 0 Å². The zero-order valence-electron chi connectivity index (χ0n) is 41.2. The molecule has 5 heteroatoms. The van der Waals surface area contributed by atoms with E-state index in [4.69, 9.17) is 9.98 Å². The Labute approximate surface area is 392 Å². The Bertz CT molecular complexity index is 1600. The van der Waals surface area contributed by atoms with Gasteiger partial charge >= 0.3 is 16.5 Å². The van der Waals surface area contributed by atoms with Crippen molar-refractivity contribution >= 4 is 22.8 Å². The third-order valence-corrected chi connectivity index (χ3v) is 11.9. The van der Waals surface area contributed by atoms with Gasteiger partial charge in [0.1, 0.15) is 0 Å². The first kappa shape index (κ1) is 57.1. The molecule has 0 fully saturated rings. The van der Waals surface area contributed by atoms with Crippen LogP contribution in [-0.4, -0.2) is 11.4 Å². The SMILES string of the molecule is CCCCCCC(=Nc1cc(CCCCC)cc(CCCCC)c1)C(CCCC)=Nc1cc(CCCCC)cc(CCCCC)c1.CCCCCc1cc(CC)cc([O-])c1[O-].[Ni+2]. The van der Waals surface area contributed by atoms with Gasteiger partial charge in [-0.15, -0.1) is 11.5 Å². The quantitative estimate of drug-likeness (QED) is 0.0356. The summed E-state index contributed by atoms with van der Waals surface area (Å²) in [6, 6.07) is 17.9. The second-order valence-corrected chi connectivity index (χ2v) is 17.8. The van der Waals surface area contributed by atoms with Gasteiger partial charge < -0.3 is 10.2 Å². The molecule has 62 heavy (non-hydrogen) atoms. The molecule has 0 aliphatic rings. The maximum Gasteiger partial charge on any atom is 2.00 e. The molecule has 0 saturated heterocycles. The normalized spacial score (nSPS) is 11.7. The zero-order valence-corrected chi connectivity index (χ0v) is 42.1. The molecule has 0 bridgehead atoms. The molecule has 0 aliphatic carbocycles. The Hall–Kier alpha value is -2.91. The van der Waals surface area contributed by atoms with E-state index >= 15 is 0 Å². The molecule has 3 rings (SSSR count). The Morgan fingerprint density at radius 3 is 1.10 bits per heavy atom. The number of hydrogen-bond donors (Lipinski definition) is 0. The minimum absolute atomic E-state index is 0. The van der Waals surface area contributed by atoms with E-state index in [1.54, 1.807) is 0 Å². The molecule has 0 atom stereocenters. The molecule has 350 valence electrons. The maximum absolute atomic E-state index is 11.5. The number of unbranched alkanes of at least 4 members (excludes halogenated alkanes) is 14. The number of aryl methyl sites for hydroxylation is 6. The molecule has 0 aliphatic heterocycles. The Balaban J connectivity index is 0.00000101. The summed E-state index contributed by atoms with van der Waals surface area (Å²) in [6.45, 7) is 17.9. The summed E-state index contributed by atoms with van der Waals surface area (Å²) >= 11 is 0. The number of benzene rings is 3. The standard InChI is InChI=1S/C44H72N2.C13H20O2.Ni/c1-7-13-19-24-30-44(46-42-35-39(27-22-16-10-4)32-40(36-42)28-23-17-11-5)43(29-18-12-6)45-41-33-37(25-20-14-8-2)31-38(34-41)26-21-15-9-3;1-3-5-6-7-11-8-10(4-2)9-12(14)13(11)15;/h31-36H,7-30H2,1-6H3;8-9,14-15H,3-7H2,1-2H3;/q;;+2/p-2. The summed E-state index contributed by atoms with van der Waals surface area (Å²) < 4.78 is 0. The largest absolute Gasteiger partial charge is 2.00 e. The van der Waals surface area contributed by atoms with Crippen LogP contribution in [0.4, 0.5) is 11.4 Å². The van der Waals surface area contributed by atoms with Crippen LogP contribution in [-0.2, 0) is 55.0 Å². The smallest absolute Gasteiger partial charge is 0.873 e. The molecule has 0 N–H and O–H groups in total. The predicted molar refractivity (Wildman–Crippen MR) is 266 cm³/mol. The Morgan fingerprint density at radius 1 is 0.371 bits per heavy atom. The molecule has 0 unspecified atom stereocenters. The van der Waals surface area contributed by atoms with E-state index in [0.717, 1.165) is 94.0 Å². The zero-order chi connectivity index (χ0) is 44.5. The minimum atomic E-state index is -0.346. The van der Waals surface area contributed by atoms with Crippen LogP contribution in [0.5, 0.6) is 11.5 Å². The van der Waals surface area contributed by atoms with Gasteiger partial charge in [0, 0.05) is 0 Å². The molecule has 0 amide bonds. The van der Waals surface area contributed by atoms with Crippen molar-refractivity contribution in [1.29, 1.82) is 0 Å². The van der Waals surface area contributed by atoms with Crippen molar-refractivity contribution in [2.45, 2.75) is 242 Å². The molecule has 0 aromatic heterocycles. The summed E-state index contributed by atoms with van der Waals surface area (Å²) in [5, 5.41) is 22.9. The van der Waals surface area contributed by atoms with Crippen molar-refractivity contribution in [3.8, 4) is 11.5 Å². The average Bonchev–Trinajstić information content (AvgIpc) is 3.25. The summed E-state index contributed by atoms with van der Waals surface area (Å²) in [6.07, 6.45) is 34.1. The van der Waals surface area contributed by atoms with Gasteiger partial charge in [0.15, 0.2) is 0 Å². The summed E-state index contributed by atoms with van der Waals surface area (Å²) in [7, 11) is 0. The van der Waals surface area contributed by atoms with Gasteiger partial charge in [-0.05, 0) is 148 Å². The van der Waals surface area contributed by atoms with Crippen LogP contribution >= 0.6 is 0 Å². The molecule has 4 nitrogen and oxygen atoms in total. The van der Waals surface area contributed by atoms with Crippen LogP contribution in [0.1, 0.15) is 236 Å². The van der Waals surface area contributed by atoms with Gasteiger partial charge in [-0.1, -0.05) is 175 Å². The van der Waals surface area contributed by atoms with Crippen molar-refractivity contribution < 1.29 is 26.7 Å². The van der Waals surface area contributed by atoms with Gasteiger partial charge in [-0.3, -0.25) is 9.98 Å². The number of aliphatic imine (C=N–C) groups is 2. The molecule has 0 saturated carbocycles. The van der Waals surface area contributed by atoms with E-state index in [1.807, 2.05) is 13.0 Å². The topological polar surface area (TPSA) is 70.8 Å². The van der Waals surface area contributed by atoms with Crippen molar-refractivity contribution in [3.05, 3.63) is 81.9 Å². The van der Waals surface area contributed by atoms with Crippen LogP contribution in [0.2, 0.25) is 0 Å². The Morgan fingerprint density at radius 2 is 0.726 bits per heavy atom. The molecule has 0 heterocycles. The molecule has 0 radical (unpaired) electrons. The van der Waals surface area contributed by atoms with Crippen LogP contribution in [0.15, 0.2) is 58.5 Å². The monoisotopic (exact) mass is 893 g/mol. The second kappa shape index (κ2) is 36.4. The van der Waals surface area contributed by atoms with Crippen LogP contribution in [0, 0.1) is 0 Å². The fourth-order valence-electron chi connectivity index (χ4n) is 8.09. The van der Waals surface area contributed by atoms with E-state index in [1.165, 1.54) is 149 Å². The van der Waals surface area contributed by atoms with E-state index in [2.05, 4.69) is 84.9 Å². The van der Waals surface area contributed by atoms with E-state index in [0.29, 0.717) is 5.56 Å². The van der Waals surface area contributed by atoms with Crippen LogP contribution in [0.25, 0.3) is 0 Å². The third-order valence-electron chi connectivity index (χ3n) is 11.9. The first-order valence-electron chi connectivity index (χ1n) is 25.7. The van der Waals surface area contributed by atoms with E-state index in [9.17, 15) is 10.2 Å². The number of hydrogen-bond acceptors (Lipinski definition) is 4. The first-order chi connectivity index (χ1) is 29.7. The van der Waals surface area contributed by atoms with Gasteiger partial charge in [-0.25, -0.2) is 0 Å². The maximum atomic E-state index is 11.5. The first-order valence-corrected chi connectivity index (χ1v) is 25.7. The molecule has 3 aromatic carbocycles. The van der Waals surface area contributed by atoms with Crippen molar-refractivity contribution in [2.24, 2.45) is 9.98 Å². The van der Waals surface area contributed by atoms with Gasteiger partial charge in [0.25, 0.3) is 0 Å². The van der Waals surface area contributed by atoms with Crippen molar-refractivity contribution in [1.82, 2.24) is 0 Å². The second-order valence-electron chi connectivity index (χ2n) is 17.8. The Kier molecular flexibility index (Phi) is 33.6. The van der Waals surface area contributed by atoms with Gasteiger partial charge in [-0.2, -0.15) is 0 Å². The molecule has 3 aromatic rings. The van der Waals surface area contributed by atoms with Gasteiger partial charge in [0.2, 0.25) is 0 Å². The summed E-state index contributed by atoms with van der Waals surface area (Å²) in [4.78, 5) is 11.1. The van der Waals surface area contributed by atoms with Crippen molar-refractivity contribution in [3.63, 3.8) is 0 Å². The average molecular weight is 894 g/mol. The van der Waals surface area contributed by atoms with E-state index in [-0.39, 0.29) is 28.0 Å². The molecular weight excluding hydrogens is 803 g/mol. The summed E-state index contributed by atoms with van der Waals surface area (Å²) in [5.74, 6) is -0.649.